The fourth-order valence-corrected chi connectivity index (χ4v) is 1.98. The molecule has 3 nitrogen and oxygen atoms in total. The second-order valence-corrected chi connectivity index (χ2v) is 4.61. The number of rotatable bonds is 9. The summed E-state index contributed by atoms with van der Waals surface area (Å²) < 4.78 is 0. The lowest BCUT2D eigenvalue weighted by Gasteiger charge is -2.16. The molecule has 1 atom stereocenters. The Morgan fingerprint density at radius 1 is 1.28 bits per heavy atom. The number of nitrogens with one attached hydrogen (secondary N) is 1. The van der Waals surface area contributed by atoms with E-state index in [4.69, 9.17) is 5.11 Å². The predicted octanol–water partition coefficient (Wildman–Crippen LogP) is 3.20. The average Bonchev–Trinajstić information content (AvgIpc) is 2.39. The van der Waals surface area contributed by atoms with Crippen molar-refractivity contribution in [3.8, 4) is 0 Å². The smallest absolute Gasteiger partial charge is 0.303 e. The number of carboxylic acid groups (broad SMARTS) is 1. The molecule has 0 bridgehead atoms. The number of unbranched alkanes of at least 4 members (excludes halogenated alkanes) is 1. The van der Waals surface area contributed by atoms with Crippen LogP contribution < -0.4 is 5.32 Å². The minimum absolute atomic E-state index is 0.287. The zero-order valence-corrected chi connectivity index (χ0v) is 11.1. The number of carbonyl (C=O) groups is 1. The normalized spacial score (nSPS) is 12.3. The average molecular weight is 249 g/mol. The Bertz CT molecular complexity index is 338. The van der Waals surface area contributed by atoms with Crippen molar-refractivity contribution in [2.24, 2.45) is 0 Å². The maximum atomic E-state index is 10.4. The molecule has 1 aromatic rings. The second-order valence-electron chi connectivity index (χ2n) is 4.61. The molecule has 0 aliphatic rings. The number of carboxylic acids is 1. The third-order valence-corrected chi connectivity index (χ3v) is 3.12. The number of hydrogen-bond acceptors (Lipinski definition) is 2. The van der Waals surface area contributed by atoms with Gasteiger partial charge in [-0.1, -0.05) is 43.7 Å². The fraction of sp³-hybridized carbons (Fsp3) is 0.533. The summed E-state index contributed by atoms with van der Waals surface area (Å²) in [7, 11) is 0. The van der Waals surface area contributed by atoms with Crippen molar-refractivity contribution >= 4 is 5.97 Å². The Kier molecular flexibility index (Phi) is 7.11. The van der Waals surface area contributed by atoms with E-state index in [1.165, 1.54) is 5.56 Å². The molecule has 0 radical (unpaired) electrons. The molecule has 2 N–H and O–H groups in total. The van der Waals surface area contributed by atoms with Crippen LogP contribution in [0.3, 0.4) is 0 Å². The molecule has 3 heteroatoms. The van der Waals surface area contributed by atoms with E-state index >= 15 is 0 Å². The molecular formula is C15H23NO2. The van der Waals surface area contributed by atoms with Gasteiger partial charge in [0.2, 0.25) is 0 Å². The minimum Gasteiger partial charge on any atom is -0.481 e. The predicted molar refractivity (Wildman–Crippen MR) is 73.5 cm³/mol. The molecule has 0 saturated heterocycles. The third kappa shape index (κ3) is 6.40. The monoisotopic (exact) mass is 249 g/mol. The Morgan fingerprint density at radius 3 is 2.61 bits per heavy atom. The molecule has 18 heavy (non-hydrogen) atoms. The van der Waals surface area contributed by atoms with E-state index in [-0.39, 0.29) is 6.42 Å². The SMILES string of the molecule is CCC(CCCCC(=O)O)NCc1ccccc1. The van der Waals surface area contributed by atoms with E-state index in [9.17, 15) is 4.79 Å². The van der Waals surface area contributed by atoms with Crippen LogP contribution in [0, 0.1) is 0 Å². The highest BCUT2D eigenvalue weighted by Crippen LogP contribution is 2.08. The van der Waals surface area contributed by atoms with Crippen molar-refractivity contribution in [2.45, 2.75) is 51.6 Å². The molecule has 1 aromatic carbocycles. The van der Waals surface area contributed by atoms with Crippen molar-refractivity contribution in [1.82, 2.24) is 5.32 Å². The van der Waals surface area contributed by atoms with Crippen LogP contribution >= 0.6 is 0 Å². The first-order valence-electron chi connectivity index (χ1n) is 6.71. The fourth-order valence-electron chi connectivity index (χ4n) is 1.98. The van der Waals surface area contributed by atoms with Crippen LogP contribution in [-0.4, -0.2) is 17.1 Å². The van der Waals surface area contributed by atoms with Crippen molar-refractivity contribution in [3.05, 3.63) is 35.9 Å². The number of aliphatic carboxylic acids is 1. The maximum absolute atomic E-state index is 10.4. The van der Waals surface area contributed by atoms with Gasteiger partial charge in [-0.25, -0.2) is 0 Å². The zero-order valence-electron chi connectivity index (χ0n) is 11.1. The highest BCUT2D eigenvalue weighted by molar-refractivity contribution is 5.66. The van der Waals surface area contributed by atoms with Gasteiger partial charge in [0.1, 0.15) is 0 Å². The van der Waals surface area contributed by atoms with Gasteiger partial charge >= 0.3 is 5.97 Å². The molecular weight excluding hydrogens is 226 g/mol. The van der Waals surface area contributed by atoms with Crippen LogP contribution in [0.4, 0.5) is 0 Å². The largest absolute Gasteiger partial charge is 0.481 e. The van der Waals surface area contributed by atoms with E-state index in [0.29, 0.717) is 6.04 Å². The van der Waals surface area contributed by atoms with Gasteiger partial charge in [-0.15, -0.1) is 0 Å². The number of hydrogen-bond donors (Lipinski definition) is 2. The molecule has 0 aromatic heterocycles. The summed E-state index contributed by atoms with van der Waals surface area (Å²) in [4.78, 5) is 10.4. The quantitative estimate of drug-likeness (QED) is 0.661. The molecule has 1 unspecified atom stereocenters. The molecule has 0 saturated carbocycles. The summed E-state index contributed by atoms with van der Waals surface area (Å²) >= 11 is 0. The molecule has 0 fully saturated rings. The number of benzene rings is 1. The Morgan fingerprint density at radius 2 is 2.00 bits per heavy atom. The Balaban J connectivity index is 2.19. The summed E-state index contributed by atoms with van der Waals surface area (Å²) in [6, 6.07) is 10.8. The van der Waals surface area contributed by atoms with E-state index in [2.05, 4.69) is 24.4 Å². The second kappa shape index (κ2) is 8.70. The first kappa shape index (κ1) is 14.7. The molecule has 0 amide bonds. The van der Waals surface area contributed by atoms with Crippen molar-refractivity contribution < 1.29 is 9.90 Å². The van der Waals surface area contributed by atoms with Crippen LogP contribution in [0.2, 0.25) is 0 Å². The van der Waals surface area contributed by atoms with E-state index in [1.54, 1.807) is 0 Å². The Hall–Kier alpha value is -1.35. The highest BCUT2D eigenvalue weighted by atomic mass is 16.4. The lowest BCUT2D eigenvalue weighted by atomic mass is 10.1. The van der Waals surface area contributed by atoms with Crippen LogP contribution in [0.25, 0.3) is 0 Å². The lowest BCUT2D eigenvalue weighted by molar-refractivity contribution is -0.137. The maximum Gasteiger partial charge on any atom is 0.303 e. The standard InChI is InChI=1S/C15H23NO2/c1-2-14(10-6-7-11-15(17)18)16-12-13-8-4-3-5-9-13/h3-5,8-9,14,16H,2,6-7,10-12H2,1H3,(H,17,18). The topological polar surface area (TPSA) is 49.3 Å². The van der Waals surface area contributed by atoms with Crippen molar-refractivity contribution in [1.29, 1.82) is 0 Å². The minimum atomic E-state index is -0.694. The molecule has 0 aliphatic carbocycles. The molecule has 100 valence electrons. The van der Waals surface area contributed by atoms with Gasteiger partial charge in [0.25, 0.3) is 0 Å². The van der Waals surface area contributed by atoms with E-state index in [1.807, 2.05) is 18.2 Å². The van der Waals surface area contributed by atoms with Crippen LogP contribution in [0.5, 0.6) is 0 Å². The van der Waals surface area contributed by atoms with Gasteiger partial charge in [0.05, 0.1) is 0 Å². The van der Waals surface area contributed by atoms with Crippen molar-refractivity contribution in [2.75, 3.05) is 0 Å². The lowest BCUT2D eigenvalue weighted by Crippen LogP contribution is -2.27. The van der Waals surface area contributed by atoms with Gasteiger partial charge in [-0.3, -0.25) is 4.79 Å². The first-order chi connectivity index (χ1) is 8.72. The summed E-state index contributed by atoms with van der Waals surface area (Å²) in [5, 5.41) is 12.1. The van der Waals surface area contributed by atoms with E-state index < -0.39 is 5.97 Å². The summed E-state index contributed by atoms with van der Waals surface area (Å²) in [5.74, 6) is -0.694. The molecule has 1 rings (SSSR count). The molecule has 0 aliphatic heterocycles. The van der Waals surface area contributed by atoms with Gasteiger partial charge in [-0.05, 0) is 24.8 Å². The summed E-state index contributed by atoms with van der Waals surface area (Å²) in [6.45, 7) is 3.05. The third-order valence-electron chi connectivity index (χ3n) is 3.12. The first-order valence-corrected chi connectivity index (χ1v) is 6.71. The summed E-state index contributed by atoms with van der Waals surface area (Å²) in [6.07, 6.45) is 4.18. The molecule has 0 spiro atoms. The van der Waals surface area contributed by atoms with E-state index in [0.717, 1.165) is 32.2 Å². The van der Waals surface area contributed by atoms with Gasteiger partial charge in [-0.2, -0.15) is 0 Å². The summed E-state index contributed by atoms with van der Waals surface area (Å²) in [5.41, 5.74) is 1.29. The van der Waals surface area contributed by atoms with Crippen molar-refractivity contribution in [3.63, 3.8) is 0 Å². The zero-order chi connectivity index (χ0) is 13.2. The van der Waals surface area contributed by atoms with Gasteiger partial charge in [0, 0.05) is 19.0 Å². The van der Waals surface area contributed by atoms with Gasteiger partial charge in [0.15, 0.2) is 0 Å². The molecule has 0 heterocycles. The highest BCUT2D eigenvalue weighted by Gasteiger charge is 2.06. The van der Waals surface area contributed by atoms with Crippen LogP contribution in [0.1, 0.15) is 44.6 Å². The van der Waals surface area contributed by atoms with Gasteiger partial charge < -0.3 is 10.4 Å². The Labute approximate surface area is 109 Å². The van der Waals surface area contributed by atoms with Crippen LogP contribution in [-0.2, 0) is 11.3 Å². The van der Waals surface area contributed by atoms with Crippen LogP contribution in [0.15, 0.2) is 30.3 Å².